The predicted molar refractivity (Wildman–Crippen MR) is 95.4 cm³/mol. The average Bonchev–Trinajstić information content (AvgIpc) is 2.99. The first kappa shape index (κ1) is 14.6. The molecule has 0 aliphatic heterocycles. The Hall–Kier alpha value is -1.31. The molecule has 3 nitrogen and oxygen atoms in total. The van der Waals surface area contributed by atoms with Gasteiger partial charge in [0, 0.05) is 9.13 Å². The number of halogens is 1. The monoisotopic (exact) mass is 407 g/mol. The van der Waals surface area contributed by atoms with Crippen LogP contribution >= 0.6 is 33.9 Å². The van der Waals surface area contributed by atoms with Crippen molar-refractivity contribution in [3.63, 3.8) is 0 Å². The summed E-state index contributed by atoms with van der Waals surface area (Å²) < 4.78 is 1.19. The fourth-order valence-corrected chi connectivity index (χ4v) is 4.02. The molecule has 1 heterocycles. The molecule has 106 valence electrons. The molecule has 1 aromatic heterocycles. The van der Waals surface area contributed by atoms with Crippen molar-refractivity contribution in [2.45, 2.75) is 6.04 Å². The first-order valence-corrected chi connectivity index (χ1v) is 8.49. The number of aromatic nitrogens is 2. The van der Waals surface area contributed by atoms with Gasteiger partial charge in [0.2, 0.25) is 0 Å². The number of hydrogen-bond acceptors (Lipinski definition) is 4. The van der Waals surface area contributed by atoms with Crippen LogP contribution in [0.4, 0.5) is 0 Å². The van der Waals surface area contributed by atoms with E-state index in [1.165, 1.54) is 9.13 Å². The molecule has 0 saturated carbocycles. The van der Waals surface area contributed by atoms with Gasteiger partial charge in [0.1, 0.15) is 10.0 Å². The molecule has 0 radical (unpaired) electrons. The van der Waals surface area contributed by atoms with Crippen LogP contribution in [0.5, 0.6) is 0 Å². The number of benzene rings is 2. The van der Waals surface area contributed by atoms with Crippen LogP contribution in [0.3, 0.4) is 0 Å². The molecule has 1 atom stereocenters. The summed E-state index contributed by atoms with van der Waals surface area (Å²) in [6.45, 7) is 0. The van der Waals surface area contributed by atoms with Crippen molar-refractivity contribution in [3.8, 4) is 10.6 Å². The molecule has 5 heteroatoms. The molecule has 1 unspecified atom stereocenters. The minimum atomic E-state index is 0.0822. The lowest BCUT2D eigenvalue weighted by Crippen LogP contribution is -2.17. The van der Waals surface area contributed by atoms with E-state index in [0.717, 1.165) is 15.6 Å². The third-order valence-corrected chi connectivity index (χ3v) is 5.18. The quantitative estimate of drug-likeness (QED) is 0.662. The van der Waals surface area contributed by atoms with E-state index in [0.29, 0.717) is 0 Å². The second-order valence-corrected chi connectivity index (χ2v) is 6.73. The van der Waals surface area contributed by atoms with E-state index in [9.17, 15) is 0 Å². The van der Waals surface area contributed by atoms with Gasteiger partial charge in [0.15, 0.2) is 0 Å². The van der Waals surface area contributed by atoms with Gasteiger partial charge < -0.3 is 5.32 Å². The second kappa shape index (κ2) is 6.64. The van der Waals surface area contributed by atoms with Gasteiger partial charge in [-0.1, -0.05) is 59.9 Å². The van der Waals surface area contributed by atoms with Crippen LogP contribution in [0, 0.1) is 3.57 Å². The van der Waals surface area contributed by atoms with Crippen LogP contribution in [0.15, 0.2) is 54.6 Å². The van der Waals surface area contributed by atoms with Crippen molar-refractivity contribution in [1.82, 2.24) is 15.5 Å². The maximum atomic E-state index is 4.38. The topological polar surface area (TPSA) is 37.8 Å². The lowest BCUT2D eigenvalue weighted by atomic mass is 10.1. The van der Waals surface area contributed by atoms with E-state index in [1.54, 1.807) is 11.3 Å². The maximum absolute atomic E-state index is 4.38. The highest BCUT2D eigenvalue weighted by Gasteiger charge is 2.18. The van der Waals surface area contributed by atoms with Crippen LogP contribution in [0.2, 0.25) is 0 Å². The third kappa shape index (κ3) is 3.14. The van der Waals surface area contributed by atoms with Gasteiger partial charge in [0.05, 0.1) is 6.04 Å². The molecular formula is C16H14IN3S. The lowest BCUT2D eigenvalue weighted by Gasteiger charge is -2.12. The van der Waals surface area contributed by atoms with Crippen molar-refractivity contribution >= 4 is 33.9 Å². The Kier molecular flexibility index (Phi) is 4.62. The van der Waals surface area contributed by atoms with Crippen molar-refractivity contribution in [2.24, 2.45) is 0 Å². The van der Waals surface area contributed by atoms with Crippen LogP contribution in [-0.4, -0.2) is 17.2 Å². The van der Waals surface area contributed by atoms with Gasteiger partial charge >= 0.3 is 0 Å². The summed E-state index contributed by atoms with van der Waals surface area (Å²) in [7, 11) is 1.95. The fourth-order valence-electron chi connectivity index (χ4n) is 2.17. The molecule has 0 spiro atoms. The molecule has 0 amide bonds. The van der Waals surface area contributed by atoms with Gasteiger partial charge in [-0.2, -0.15) is 0 Å². The van der Waals surface area contributed by atoms with Crippen LogP contribution in [-0.2, 0) is 0 Å². The fraction of sp³-hybridized carbons (Fsp3) is 0.125. The Morgan fingerprint density at radius 2 is 1.71 bits per heavy atom. The third-order valence-electron chi connectivity index (χ3n) is 3.21. The standard InChI is InChI=1S/C16H14IN3S/c1-18-14(11-7-3-2-4-8-11)16-20-19-15(21-16)12-9-5-6-10-13(12)17/h2-10,14,18H,1H3. The summed E-state index contributed by atoms with van der Waals surface area (Å²) in [5.74, 6) is 0. The van der Waals surface area contributed by atoms with E-state index >= 15 is 0 Å². The summed E-state index contributed by atoms with van der Waals surface area (Å²) in [5, 5.41) is 14.0. The van der Waals surface area contributed by atoms with E-state index < -0.39 is 0 Å². The van der Waals surface area contributed by atoms with Crippen molar-refractivity contribution in [3.05, 3.63) is 68.7 Å². The highest BCUT2D eigenvalue weighted by molar-refractivity contribution is 14.1. The number of nitrogens with zero attached hydrogens (tertiary/aromatic N) is 2. The summed E-state index contributed by atoms with van der Waals surface area (Å²) in [6.07, 6.45) is 0. The molecule has 21 heavy (non-hydrogen) atoms. The molecule has 0 aliphatic carbocycles. The number of nitrogens with one attached hydrogen (secondary N) is 1. The van der Waals surface area contributed by atoms with Gasteiger partial charge in [-0.3, -0.25) is 0 Å². The van der Waals surface area contributed by atoms with E-state index in [1.807, 2.05) is 37.4 Å². The average molecular weight is 407 g/mol. The van der Waals surface area contributed by atoms with Gasteiger partial charge in [-0.15, -0.1) is 10.2 Å². The summed E-state index contributed by atoms with van der Waals surface area (Å²) >= 11 is 3.97. The van der Waals surface area contributed by atoms with Gasteiger partial charge in [-0.05, 0) is 41.3 Å². The zero-order valence-corrected chi connectivity index (χ0v) is 14.4. The second-order valence-electron chi connectivity index (χ2n) is 4.56. The molecule has 0 aliphatic rings. The first-order valence-electron chi connectivity index (χ1n) is 6.60. The van der Waals surface area contributed by atoms with Crippen LogP contribution in [0.25, 0.3) is 10.6 Å². The van der Waals surface area contributed by atoms with Crippen LogP contribution in [0.1, 0.15) is 16.6 Å². The predicted octanol–water partition coefficient (Wildman–Crippen LogP) is 4.12. The Morgan fingerprint density at radius 1 is 1.00 bits per heavy atom. The maximum Gasteiger partial charge on any atom is 0.148 e. The van der Waals surface area contributed by atoms with Crippen molar-refractivity contribution in [1.29, 1.82) is 0 Å². The summed E-state index contributed by atoms with van der Waals surface area (Å²) in [4.78, 5) is 0. The molecule has 0 fully saturated rings. The molecule has 0 saturated heterocycles. The van der Waals surface area contributed by atoms with Gasteiger partial charge in [-0.25, -0.2) is 0 Å². The van der Waals surface area contributed by atoms with E-state index in [4.69, 9.17) is 0 Å². The molecule has 3 rings (SSSR count). The minimum absolute atomic E-state index is 0.0822. The Labute approximate surface area is 141 Å². The minimum Gasteiger partial charge on any atom is -0.307 e. The Morgan fingerprint density at radius 3 is 2.43 bits per heavy atom. The van der Waals surface area contributed by atoms with Crippen LogP contribution < -0.4 is 5.32 Å². The number of rotatable bonds is 4. The molecule has 1 N–H and O–H groups in total. The first-order chi connectivity index (χ1) is 10.3. The normalized spacial score (nSPS) is 12.3. The summed E-state index contributed by atoms with van der Waals surface area (Å²) in [6, 6.07) is 18.6. The molecule has 2 aromatic carbocycles. The van der Waals surface area contributed by atoms with Crippen molar-refractivity contribution < 1.29 is 0 Å². The SMILES string of the molecule is CNC(c1ccccc1)c1nnc(-c2ccccc2I)s1. The zero-order chi connectivity index (χ0) is 14.7. The number of hydrogen-bond donors (Lipinski definition) is 1. The molecule has 0 bridgehead atoms. The molecule has 3 aromatic rings. The summed E-state index contributed by atoms with van der Waals surface area (Å²) in [5.41, 5.74) is 2.34. The Balaban J connectivity index is 1.96. The zero-order valence-electron chi connectivity index (χ0n) is 11.5. The van der Waals surface area contributed by atoms with Crippen molar-refractivity contribution in [2.75, 3.05) is 7.05 Å². The lowest BCUT2D eigenvalue weighted by molar-refractivity contribution is 0.678. The smallest absolute Gasteiger partial charge is 0.148 e. The van der Waals surface area contributed by atoms with Gasteiger partial charge in [0.25, 0.3) is 0 Å². The molecular weight excluding hydrogens is 393 g/mol. The van der Waals surface area contributed by atoms with E-state index in [-0.39, 0.29) is 6.04 Å². The Bertz CT molecular complexity index is 727. The van der Waals surface area contributed by atoms with E-state index in [2.05, 4.69) is 62.4 Å². The highest BCUT2D eigenvalue weighted by Crippen LogP contribution is 2.31. The highest BCUT2D eigenvalue weighted by atomic mass is 127. The largest absolute Gasteiger partial charge is 0.307 e.